The number of guanidine groups is 2. The van der Waals surface area contributed by atoms with Crippen molar-refractivity contribution in [3.8, 4) is 11.5 Å². The van der Waals surface area contributed by atoms with Crippen LogP contribution in [0.4, 0.5) is 0 Å². The predicted molar refractivity (Wildman–Crippen MR) is 546 cm³/mol. The van der Waals surface area contributed by atoms with Crippen molar-refractivity contribution in [3.63, 3.8) is 0 Å². The Labute approximate surface area is 869 Å². The zero-order chi connectivity index (χ0) is 109. The van der Waals surface area contributed by atoms with E-state index in [1.54, 1.807) is 60.7 Å². The van der Waals surface area contributed by atoms with Crippen molar-refractivity contribution in [3.05, 3.63) is 131 Å². The van der Waals surface area contributed by atoms with Crippen LogP contribution in [0.2, 0.25) is 0 Å². The summed E-state index contributed by atoms with van der Waals surface area (Å²) < 4.78 is 0. The van der Waals surface area contributed by atoms with Crippen LogP contribution in [0.15, 0.2) is 109 Å². The Kier molecular flexibility index (Phi) is 51.9. The third-order valence-electron chi connectivity index (χ3n) is 22.9. The number of phenolic OH excluding ortho intramolecular Hbond substituents is 2. The highest BCUT2D eigenvalue weighted by Gasteiger charge is 2.44. The van der Waals surface area contributed by atoms with Crippen LogP contribution >= 0.6 is 46.8 Å². The van der Waals surface area contributed by atoms with E-state index in [4.69, 9.17) is 56.7 Å². The highest BCUT2D eigenvalue weighted by molar-refractivity contribution is 8.76. The molecule has 4 aromatic carbocycles. The molecule has 0 bridgehead atoms. The maximum atomic E-state index is 14.8. The van der Waals surface area contributed by atoms with E-state index in [9.17, 15) is 116 Å². The average Bonchev–Trinajstić information content (AvgIpc) is 1.66. The molecule has 14 atom stereocenters. The molecule has 2 aliphatic heterocycles. The van der Waals surface area contributed by atoms with E-state index in [-0.39, 0.29) is 151 Å². The second-order valence-corrected chi connectivity index (χ2v) is 38.0. The van der Waals surface area contributed by atoms with Gasteiger partial charge in [-0.1, -0.05) is 107 Å². The molecular weight excluding hydrogens is 2010 g/mol. The molecule has 0 radical (unpaired) electrons. The third-order valence-corrected chi connectivity index (χ3v) is 26.0. The molecule has 0 aliphatic carbocycles. The van der Waals surface area contributed by atoms with Crippen molar-refractivity contribution >= 4 is 189 Å². The molecule has 36 N–H and O–H groups in total. The Bertz CT molecular complexity index is 5020. The molecule has 6 rings (SSSR count). The molecule has 0 aromatic heterocycles. The maximum Gasteiger partial charge on any atom is 0.246 e. The molecule has 22 amide bonds. The van der Waals surface area contributed by atoms with Gasteiger partial charge in [-0.2, -0.15) is 25.3 Å². The average molecular weight is 2140 g/mol. The van der Waals surface area contributed by atoms with Crippen LogP contribution in [0, 0.1) is 10.8 Å². The summed E-state index contributed by atoms with van der Waals surface area (Å²) in [5.41, 5.74) is 45.2. The quantitative estimate of drug-likeness (QED) is 0.00642. The summed E-state index contributed by atoms with van der Waals surface area (Å²) in [4.78, 5) is 303. The van der Waals surface area contributed by atoms with Gasteiger partial charge in [0.15, 0.2) is 11.9 Å². The van der Waals surface area contributed by atoms with Crippen molar-refractivity contribution in [2.45, 2.75) is 213 Å². The maximum absolute atomic E-state index is 14.8. The lowest BCUT2D eigenvalue weighted by molar-refractivity contribution is -0.142. The number of nitrogens with one attached hydrogen (secondary N) is 18. The van der Waals surface area contributed by atoms with E-state index in [0.29, 0.717) is 22.3 Å². The number of hydrogen-bond donors (Lipinski definition) is 30. The SMILES string of the molecule is N=C(N)NCCC[C@@H](NC(=O)[C@@H]1CCCN1C(=O)[C@H](CS)NC(=O)[C@H](CC(N)=O)NC(=O)[C@H](CCC(N)=O)NC(=O)[C@H](Cc1ccccc1)NC(=O)[C@H](Cc1ccc(O)cc1)NC(=O)CCSSCCC(=O)N[C@@H](Cc1ccc(O)cc1)C(=O)N[C@@H](Cc1ccccc1)C(=O)N[C@@H](CCC(N)=O)C(=O)N[C@@H](CC(N)=O)C(=O)N[C@@H](CS)C(=O)N1CCC[C@H]1C(=O)N[C@H](CCCNC(=N)N)C(=O)NCC(N)=O)C(=O)NCC(N)=O. The van der Waals surface area contributed by atoms with Gasteiger partial charge in [0.1, 0.15) is 96.1 Å². The Morgan fingerprint density at radius 1 is 0.324 bits per heavy atom. The number of likely N-dealkylation sites (tertiary alicyclic amines) is 2. The van der Waals surface area contributed by atoms with Gasteiger partial charge in [-0.3, -0.25) is 116 Å². The number of aromatic hydroxyl groups is 2. The van der Waals surface area contributed by atoms with Crippen LogP contribution in [0.5, 0.6) is 11.5 Å². The fourth-order valence-corrected chi connectivity index (χ4v) is 17.9. The Morgan fingerprint density at radius 3 is 0.912 bits per heavy atom. The first-order chi connectivity index (χ1) is 70.3. The summed E-state index contributed by atoms with van der Waals surface area (Å²) in [7, 11) is 2.26. The number of amides is 22. The lowest BCUT2D eigenvalue weighted by atomic mass is 10.0. The minimum absolute atomic E-state index is 0.0285. The van der Waals surface area contributed by atoms with Crippen LogP contribution in [-0.2, 0) is 131 Å². The van der Waals surface area contributed by atoms with Crippen molar-refractivity contribution in [2.75, 3.05) is 62.3 Å². The predicted octanol–water partition coefficient (Wildman–Crippen LogP) is -8.80. The molecule has 2 saturated heterocycles. The molecule has 52 nitrogen and oxygen atoms in total. The molecule has 2 aliphatic rings. The molecule has 4 aromatic rings. The highest BCUT2D eigenvalue weighted by atomic mass is 33.1. The van der Waals surface area contributed by atoms with E-state index in [1.807, 2.05) is 0 Å². The van der Waals surface area contributed by atoms with Gasteiger partial charge >= 0.3 is 0 Å². The minimum atomic E-state index is -1.91. The number of carbonyl (C=O) groups is 22. The number of benzene rings is 4. The first kappa shape index (κ1) is 121. The van der Waals surface area contributed by atoms with Gasteiger partial charge in [-0.25, -0.2) is 0 Å². The fourth-order valence-electron chi connectivity index (χ4n) is 15.4. The normalized spacial score (nSPS) is 15.4. The number of thiol groups is 2. The van der Waals surface area contributed by atoms with E-state index in [1.165, 1.54) is 48.5 Å². The summed E-state index contributed by atoms with van der Waals surface area (Å²) in [6, 6.07) is 5.74. The summed E-state index contributed by atoms with van der Waals surface area (Å²) >= 11 is 8.56. The van der Waals surface area contributed by atoms with Gasteiger partial charge in [0, 0.05) is 101 Å². The standard InChI is InChI=1S/C92H130N28O24S4/c93-69(123)29-27-57(79(133)115-63(43-71(95)125)85(139)117-65(47-145)89(143)119-35-9-17-67(119)87(141)111-55(15-7-33-103-91(99)100)77(131)105-45-73(97)127)109-83(137)61(39-49-11-3-1-4-12-49)113-81(135)59(41-51-19-23-53(121)24-20-51)107-75(129)31-37-147-148-38-32-76(130)108-60(42-52-21-25-54(122)26-22-52)82(136)114-62(40-50-13-5-2-6-14-50)84(138)110-58(28-30-70(94)124)80(134)116-64(44-72(96)126)86(140)118-66(48-146)90(144)120-36-10-18-68(120)88(142)112-56(16-8-34-104-92(101)102)78(132)106-46-74(98)128/h1-6,11-14,19-26,55-68,121-122,145-146H,7-10,15-18,27-48H2,(H2,93,123)(H2,94,124)(H2,95,125)(H2,96,126)(H2,97,127)(H2,98,128)(H,105,131)(H,106,132)(H,107,129)(H,108,130)(H,109,137)(H,110,138)(H,111,141)(H,112,142)(H,113,135)(H,114,136)(H,115,133)(H,116,134)(H,117,139)(H,118,140)(H4,99,100,103)(H4,101,102,104)/t55-,56-,57+,58+,59+,60+,61+,62+,63+,64+,65+,66+,67+,68+/m1/s1. The van der Waals surface area contributed by atoms with Crippen LogP contribution in [-0.4, -0.2) is 309 Å². The van der Waals surface area contributed by atoms with E-state index < -0.39 is 278 Å². The molecule has 148 heavy (non-hydrogen) atoms. The zero-order valence-corrected chi connectivity index (χ0v) is 84.2. The van der Waals surface area contributed by atoms with E-state index >= 15 is 0 Å². The number of nitrogens with two attached hydrogens (primary N) is 8. The minimum Gasteiger partial charge on any atom is -0.508 e. The van der Waals surface area contributed by atoms with Crippen molar-refractivity contribution in [1.29, 1.82) is 10.8 Å². The van der Waals surface area contributed by atoms with Crippen molar-refractivity contribution in [2.24, 2.45) is 45.9 Å². The van der Waals surface area contributed by atoms with Crippen molar-refractivity contribution < 1.29 is 116 Å². The molecule has 56 heteroatoms. The number of rotatable bonds is 65. The van der Waals surface area contributed by atoms with E-state index in [0.717, 1.165) is 31.4 Å². The lowest BCUT2D eigenvalue weighted by Gasteiger charge is -2.30. The first-order valence-electron chi connectivity index (χ1n) is 47.1. The zero-order valence-electron chi connectivity index (χ0n) is 80.8. The summed E-state index contributed by atoms with van der Waals surface area (Å²) in [5, 5.41) is 75.4. The molecule has 0 unspecified atom stereocenters. The van der Waals surface area contributed by atoms with Crippen LogP contribution in [0.3, 0.4) is 0 Å². The first-order valence-corrected chi connectivity index (χ1v) is 50.8. The van der Waals surface area contributed by atoms with E-state index in [2.05, 4.69) is 110 Å². The Hall–Kier alpha value is -15.2. The Morgan fingerprint density at radius 2 is 0.608 bits per heavy atom. The van der Waals surface area contributed by atoms with Crippen molar-refractivity contribution in [1.82, 2.24) is 94.9 Å². The fraction of sp³-hybridized carbons (Fsp3) is 0.478. The van der Waals surface area contributed by atoms with Crippen LogP contribution < -0.4 is 131 Å². The van der Waals surface area contributed by atoms with Crippen LogP contribution in [0.25, 0.3) is 0 Å². The van der Waals surface area contributed by atoms with Crippen LogP contribution in [0.1, 0.15) is 125 Å². The molecule has 2 heterocycles. The third kappa shape index (κ3) is 44.0. The topological polar surface area (TPSA) is 871 Å². The summed E-state index contributed by atoms with van der Waals surface area (Å²) in [6.07, 6.45) is -4.69. The smallest absolute Gasteiger partial charge is 0.246 e. The number of nitrogens with zero attached hydrogens (tertiary/aromatic N) is 2. The number of hydrogen-bond acceptors (Lipinski definition) is 30. The molecule has 0 saturated carbocycles. The molecular formula is C92H130N28O24S4. The number of phenols is 2. The van der Waals surface area contributed by atoms with Gasteiger partial charge < -0.3 is 151 Å². The number of primary amides is 6. The van der Waals surface area contributed by atoms with Gasteiger partial charge in [-0.05, 0) is 111 Å². The lowest BCUT2D eigenvalue weighted by Crippen LogP contribution is -2.61. The second kappa shape index (κ2) is 63.2. The summed E-state index contributed by atoms with van der Waals surface area (Å²) in [6.45, 7) is -0.962. The molecule has 0 spiro atoms. The highest BCUT2D eigenvalue weighted by Crippen LogP contribution is 2.26. The van der Waals surface area contributed by atoms with Gasteiger partial charge in [0.25, 0.3) is 0 Å². The molecule has 806 valence electrons. The summed E-state index contributed by atoms with van der Waals surface area (Å²) in [5.74, 6) is -22.8. The van der Waals surface area contributed by atoms with Gasteiger partial charge in [0.2, 0.25) is 130 Å². The Balaban J connectivity index is 1.13. The monoisotopic (exact) mass is 2140 g/mol. The molecule has 2 fully saturated rings. The second-order valence-electron chi connectivity index (χ2n) is 34.5. The largest absolute Gasteiger partial charge is 0.508 e. The van der Waals surface area contributed by atoms with Gasteiger partial charge in [0.05, 0.1) is 25.9 Å². The number of carbonyl (C=O) groups excluding carboxylic acids is 22. The van der Waals surface area contributed by atoms with Gasteiger partial charge in [-0.15, -0.1) is 0 Å².